The van der Waals surface area contributed by atoms with Crippen LogP contribution in [-0.2, 0) is 4.79 Å². The predicted molar refractivity (Wildman–Crippen MR) is 89.4 cm³/mol. The molecule has 0 saturated heterocycles. The van der Waals surface area contributed by atoms with Gasteiger partial charge < -0.3 is 0 Å². The number of Topliss-reactive ketones (excluding diaryl/α,β-unsaturated/α-hetero) is 1. The van der Waals surface area contributed by atoms with Gasteiger partial charge in [0.05, 0.1) is 17.8 Å². The van der Waals surface area contributed by atoms with Crippen LogP contribution in [0.25, 0.3) is 21.3 Å². The number of aromatic nitrogens is 2. The van der Waals surface area contributed by atoms with Crippen LogP contribution in [-0.4, -0.2) is 15.3 Å². The molecule has 6 heteroatoms. The van der Waals surface area contributed by atoms with Gasteiger partial charge in [0, 0.05) is 10.4 Å². The zero-order chi connectivity index (χ0) is 16.7. The summed E-state index contributed by atoms with van der Waals surface area (Å²) in [5.41, 5.74) is 1.27. The number of carbonyl (C=O) groups excluding carboxylic acids is 1. The molecular formula is C17H15FN2O2S. The second-order valence-electron chi connectivity index (χ2n) is 5.46. The largest absolute Gasteiger partial charge is 0.298 e. The summed E-state index contributed by atoms with van der Waals surface area (Å²) < 4.78 is 14.5. The van der Waals surface area contributed by atoms with Crippen LogP contribution in [0.1, 0.15) is 24.8 Å². The number of benzene rings is 1. The molecule has 0 N–H and O–H groups in total. The van der Waals surface area contributed by atoms with Crippen LogP contribution in [0, 0.1) is 12.7 Å². The zero-order valence-electron chi connectivity index (χ0n) is 13.0. The third-order valence-electron chi connectivity index (χ3n) is 3.95. The van der Waals surface area contributed by atoms with Gasteiger partial charge in [-0.2, -0.15) is 0 Å². The highest BCUT2D eigenvalue weighted by molar-refractivity contribution is 7.19. The van der Waals surface area contributed by atoms with E-state index in [-0.39, 0.29) is 17.2 Å². The van der Waals surface area contributed by atoms with Crippen LogP contribution in [0.3, 0.4) is 0 Å². The van der Waals surface area contributed by atoms with Crippen molar-refractivity contribution in [2.45, 2.75) is 26.8 Å². The molecule has 118 valence electrons. The molecule has 2 heterocycles. The lowest BCUT2D eigenvalue weighted by atomic mass is 10.0. The Morgan fingerprint density at radius 3 is 2.57 bits per heavy atom. The summed E-state index contributed by atoms with van der Waals surface area (Å²) >= 11 is 1.42. The molecule has 4 nitrogen and oxygen atoms in total. The van der Waals surface area contributed by atoms with Crippen LogP contribution in [0.2, 0.25) is 0 Å². The average molecular weight is 330 g/mol. The van der Waals surface area contributed by atoms with Crippen molar-refractivity contribution in [1.82, 2.24) is 9.55 Å². The molecule has 0 aliphatic rings. The van der Waals surface area contributed by atoms with Gasteiger partial charge in [-0.3, -0.25) is 14.2 Å². The van der Waals surface area contributed by atoms with E-state index in [2.05, 4.69) is 4.98 Å². The smallest absolute Gasteiger partial charge is 0.263 e. The van der Waals surface area contributed by atoms with E-state index in [1.54, 1.807) is 19.1 Å². The average Bonchev–Trinajstić information content (AvgIpc) is 2.85. The lowest BCUT2D eigenvalue weighted by Crippen LogP contribution is -2.27. The van der Waals surface area contributed by atoms with Gasteiger partial charge >= 0.3 is 0 Å². The first-order valence-corrected chi connectivity index (χ1v) is 7.98. The van der Waals surface area contributed by atoms with Crippen molar-refractivity contribution in [1.29, 1.82) is 0 Å². The Kier molecular flexibility index (Phi) is 3.85. The van der Waals surface area contributed by atoms with Gasteiger partial charge in [0.15, 0.2) is 5.78 Å². The minimum atomic E-state index is -0.569. The molecular weight excluding hydrogens is 315 g/mol. The Hall–Kier alpha value is -2.34. The Balaban J connectivity index is 2.32. The number of ketones is 1. The number of thiophene rings is 1. The van der Waals surface area contributed by atoms with Crippen LogP contribution < -0.4 is 5.56 Å². The van der Waals surface area contributed by atoms with Gasteiger partial charge in [-0.15, -0.1) is 11.3 Å². The Labute approximate surface area is 136 Å². The van der Waals surface area contributed by atoms with Crippen molar-refractivity contribution in [3.8, 4) is 11.1 Å². The molecule has 0 saturated carbocycles. The van der Waals surface area contributed by atoms with Crippen molar-refractivity contribution in [3.05, 3.63) is 51.6 Å². The first-order chi connectivity index (χ1) is 10.9. The summed E-state index contributed by atoms with van der Waals surface area (Å²) in [6.45, 7) is 5.03. The van der Waals surface area contributed by atoms with Crippen molar-refractivity contribution in [2.75, 3.05) is 0 Å². The summed E-state index contributed by atoms with van der Waals surface area (Å²) in [4.78, 5) is 30.3. The fourth-order valence-corrected chi connectivity index (χ4v) is 3.55. The maximum atomic E-state index is 13.2. The van der Waals surface area contributed by atoms with Gasteiger partial charge in [-0.25, -0.2) is 9.37 Å². The molecule has 1 aromatic carbocycles. The Morgan fingerprint density at radius 1 is 1.30 bits per heavy atom. The first-order valence-electron chi connectivity index (χ1n) is 7.16. The predicted octanol–water partition coefficient (Wildman–Crippen LogP) is 3.72. The van der Waals surface area contributed by atoms with E-state index < -0.39 is 6.04 Å². The molecule has 0 spiro atoms. The molecule has 2 aromatic heterocycles. The molecule has 0 unspecified atom stereocenters. The summed E-state index contributed by atoms with van der Waals surface area (Å²) in [7, 11) is 0. The first kappa shape index (κ1) is 15.6. The van der Waals surface area contributed by atoms with Gasteiger partial charge in [0.1, 0.15) is 10.6 Å². The maximum absolute atomic E-state index is 13.2. The van der Waals surface area contributed by atoms with E-state index in [1.165, 1.54) is 41.3 Å². The molecule has 0 bridgehead atoms. The number of rotatable bonds is 3. The topological polar surface area (TPSA) is 52.0 Å². The Bertz CT molecular complexity index is 957. The molecule has 0 radical (unpaired) electrons. The minimum absolute atomic E-state index is 0.108. The number of hydrogen-bond acceptors (Lipinski definition) is 4. The lowest BCUT2D eigenvalue weighted by molar-refractivity contribution is -0.119. The van der Waals surface area contributed by atoms with E-state index in [9.17, 15) is 14.0 Å². The van der Waals surface area contributed by atoms with Crippen molar-refractivity contribution in [3.63, 3.8) is 0 Å². The van der Waals surface area contributed by atoms with Crippen LogP contribution in [0.5, 0.6) is 0 Å². The monoisotopic (exact) mass is 330 g/mol. The Morgan fingerprint density at radius 2 is 1.96 bits per heavy atom. The molecule has 3 rings (SSSR count). The molecule has 0 fully saturated rings. The molecule has 0 aliphatic carbocycles. The standard InChI is InChI=1S/C17H15FN2O2S/c1-9(10(2)21)20-8-19-16-15(17(20)22)14(11(3)23-16)12-4-6-13(18)7-5-12/h4-9H,1-3H3/t9-/m0/s1. The van der Waals surface area contributed by atoms with Gasteiger partial charge in [-0.1, -0.05) is 12.1 Å². The van der Waals surface area contributed by atoms with E-state index in [1.807, 2.05) is 6.92 Å². The fraction of sp³-hybridized carbons (Fsp3) is 0.235. The number of carbonyl (C=O) groups is 1. The number of fused-ring (bicyclic) bond motifs is 1. The second kappa shape index (κ2) is 5.70. The zero-order valence-corrected chi connectivity index (χ0v) is 13.8. The van der Waals surface area contributed by atoms with Gasteiger partial charge in [0.25, 0.3) is 5.56 Å². The minimum Gasteiger partial charge on any atom is -0.298 e. The van der Waals surface area contributed by atoms with E-state index in [0.717, 1.165) is 16.0 Å². The highest BCUT2D eigenvalue weighted by atomic mass is 32.1. The van der Waals surface area contributed by atoms with Crippen LogP contribution in [0.4, 0.5) is 4.39 Å². The second-order valence-corrected chi connectivity index (χ2v) is 6.67. The SMILES string of the molecule is CC(=O)[C@H](C)n1cnc2sc(C)c(-c3ccc(F)cc3)c2c1=O. The fourth-order valence-electron chi connectivity index (χ4n) is 2.55. The third kappa shape index (κ3) is 2.59. The summed E-state index contributed by atoms with van der Waals surface area (Å²) in [5.74, 6) is -0.435. The van der Waals surface area contributed by atoms with E-state index >= 15 is 0 Å². The summed E-state index contributed by atoms with van der Waals surface area (Å²) in [5, 5.41) is 0.481. The number of aryl methyl sites for hydroxylation is 1. The van der Waals surface area contributed by atoms with Crippen LogP contribution >= 0.6 is 11.3 Å². The van der Waals surface area contributed by atoms with Crippen LogP contribution in [0.15, 0.2) is 35.4 Å². The highest BCUT2D eigenvalue weighted by Crippen LogP contribution is 2.35. The van der Waals surface area contributed by atoms with Crippen molar-refractivity contribution >= 4 is 27.3 Å². The molecule has 0 aliphatic heterocycles. The lowest BCUT2D eigenvalue weighted by Gasteiger charge is -2.11. The normalized spacial score (nSPS) is 12.5. The maximum Gasteiger partial charge on any atom is 0.263 e. The third-order valence-corrected chi connectivity index (χ3v) is 4.97. The van der Waals surface area contributed by atoms with Crippen molar-refractivity contribution < 1.29 is 9.18 Å². The van der Waals surface area contributed by atoms with E-state index in [4.69, 9.17) is 0 Å². The molecule has 0 amide bonds. The number of nitrogens with zero attached hydrogens (tertiary/aromatic N) is 2. The van der Waals surface area contributed by atoms with E-state index in [0.29, 0.717) is 10.2 Å². The molecule has 1 atom stereocenters. The number of halogens is 1. The molecule has 3 aromatic rings. The van der Waals surface area contributed by atoms with Gasteiger partial charge in [-0.05, 0) is 38.5 Å². The molecule has 23 heavy (non-hydrogen) atoms. The summed E-state index contributed by atoms with van der Waals surface area (Å²) in [6.07, 6.45) is 1.42. The quantitative estimate of drug-likeness (QED) is 0.735. The highest BCUT2D eigenvalue weighted by Gasteiger charge is 2.20. The number of hydrogen-bond donors (Lipinski definition) is 0. The van der Waals surface area contributed by atoms with Crippen molar-refractivity contribution in [2.24, 2.45) is 0 Å². The van der Waals surface area contributed by atoms with Gasteiger partial charge in [0.2, 0.25) is 0 Å². The summed E-state index contributed by atoms with van der Waals surface area (Å²) in [6, 6.07) is 5.46.